The van der Waals surface area contributed by atoms with Gasteiger partial charge in [0, 0.05) is 34.6 Å². The molecule has 0 aliphatic rings. The third kappa shape index (κ3) is 2.38. The van der Waals surface area contributed by atoms with Gasteiger partial charge >= 0.3 is 0 Å². The number of nitrogens with zero attached hydrogens (tertiary/aromatic N) is 1. The first-order chi connectivity index (χ1) is 7.72. The highest BCUT2D eigenvalue weighted by atomic mass is 35.5. The van der Waals surface area contributed by atoms with Gasteiger partial charge in [-0.05, 0) is 13.1 Å². The molecule has 2 N–H and O–H groups in total. The standard InChI is InChI=1S/C12H15ClN2S/c1-15(7-6-14)8-11-12(13)9-4-2-3-5-10(9)16-11/h2-5H,6-8,14H2,1H3. The van der Waals surface area contributed by atoms with Crippen molar-refractivity contribution < 1.29 is 0 Å². The molecule has 1 heterocycles. The highest BCUT2D eigenvalue weighted by Crippen LogP contribution is 2.35. The SMILES string of the molecule is CN(CCN)Cc1sc2ccccc2c1Cl. The van der Waals surface area contributed by atoms with Crippen molar-refractivity contribution in [2.75, 3.05) is 20.1 Å². The minimum atomic E-state index is 0.680. The number of nitrogens with two attached hydrogens (primary N) is 1. The van der Waals surface area contributed by atoms with Crippen molar-refractivity contribution >= 4 is 33.0 Å². The fraction of sp³-hybridized carbons (Fsp3) is 0.333. The number of fused-ring (bicyclic) bond motifs is 1. The van der Waals surface area contributed by atoms with Crippen LogP contribution in [0.4, 0.5) is 0 Å². The van der Waals surface area contributed by atoms with Crippen LogP contribution >= 0.6 is 22.9 Å². The molecule has 1 aromatic heterocycles. The van der Waals surface area contributed by atoms with Crippen LogP contribution in [0.15, 0.2) is 24.3 Å². The van der Waals surface area contributed by atoms with E-state index in [1.54, 1.807) is 11.3 Å². The second-order valence-corrected chi connectivity index (χ2v) is 5.38. The number of likely N-dealkylation sites (N-methyl/N-ethyl adjacent to an activating group) is 1. The van der Waals surface area contributed by atoms with Crippen molar-refractivity contribution in [3.8, 4) is 0 Å². The Balaban J connectivity index is 2.27. The van der Waals surface area contributed by atoms with Gasteiger partial charge in [-0.2, -0.15) is 0 Å². The first kappa shape index (κ1) is 11.9. The molecule has 1 aromatic carbocycles. The lowest BCUT2D eigenvalue weighted by atomic mass is 10.2. The summed E-state index contributed by atoms with van der Waals surface area (Å²) in [6.07, 6.45) is 0. The summed E-state index contributed by atoms with van der Waals surface area (Å²) in [4.78, 5) is 3.41. The molecule has 0 aliphatic carbocycles. The third-order valence-electron chi connectivity index (χ3n) is 2.53. The van der Waals surface area contributed by atoms with Crippen LogP contribution in [0.3, 0.4) is 0 Å². The van der Waals surface area contributed by atoms with Gasteiger partial charge in [0.25, 0.3) is 0 Å². The molecule has 0 amide bonds. The van der Waals surface area contributed by atoms with Gasteiger partial charge < -0.3 is 5.73 Å². The molecule has 0 saturated heterocycles. The molecule has 0 bridgehead atoms. The maximum absolute atomic E-state index is 6.35. The smallest absolute Gasteiger partial charge is 0.0637 e. The summed E-state index contributed by atoms with van der Waals surface area (Å²) >= 11 is 8.12. The average Bonchev–Trinajstić information content (AvgIpc) is 2.57. The molecular formula is C12H15ClN2S. The van der Waals surface area contributed by atoms with Crippen LogP contribution in [0.5, 0.6) is 0 Å². The topological polar surface area (TPSA) is 29.3 Å². The molecule has 0 atom stereocenters. The van der Waals surface area contributed by atoms with Crippen LogP contribution in [0, 0.1) is 0 Å². The number of thiophene rings is 1. The number of hydrogen-bond acceptors (Lipinski definition) is 3. The molecule has 0 unspecified atom stereocenters. The van der Waals surface area contributed by atoms with E-state index < -0.39 is 0 Å². The summed E-state index contributed by atoms with van der Waals surface area (Å²) in [6, 6.07) is 8.25. The van der Waals surface area contributed by atoms with E-state index >= 15 is 0 Å². The Morgan fingerprint density at radius 3 is 2.81 bits per heavy atom. The molecule has 2 nitrogen and oxygen atoms in total. The monoisotopic (exact) mass is 254 g/mol. The second-order valence-electron chi connectivity index (χ2n) is 3.86. The van der Waals surface area contributed by atoms with Crippen LogP contribution in [-0.2, 0) is 6.54 Å². The Bertz CT molecular complexity index is 481. The normalized spacial score (nSPS) is 11.5. The zero-order chi connectivity index (χ0) is 11.5. The lowest BCUT2D eigenvalue weighted by molar-refractivity contribution is 0.339. The fourth-order valence-corrected chi connectivity index (χ4v) is 3.28. The number of rotatable bonds is 4. The van der Waals surface area contributed by atoms with Gasteiger partial charge in [0.2, 0.25) is 0 Å². The van der Waals surface area contributed by atoms with Crippen LogP contribution in [-0.4, -0.2) is 25.0 Å². The summed E-state index contributed by atoms with van der Waals surface area (Å²) in [7, 11) is 2.06. The molecule has 86 valence electrons. The molecule has 0 radical (unpaired) electrons. The lowest BCUT2D eigenvalue weighted by Crippen LogP contribution is -2.24. The molecular weight excluding hydrogens is 240 g/mol. The van der Waals surface area contributed by atoms with Gasteiger partial charge in [-0.15, -0.1) is 11.3 Å². The van der Waals surface area contributed by atoms with Gasteiger partial charge in [0.05, 0.1) is 5.02 Å². The van der Waals surface area contributed by atoms with E-state index in [-0.39, 0.29) is 0 Å². The summed E-state index contributed by atoms with van der Waals surface area (Å²) in [5.41, 5.74) is 5.52. The fourth-order valence-electron chi connectivity index (χ4n) is 1.71. The van der Waals surface area contributed by atoms with Crippen LogP contribution in [0.2, 0.25) is 5.02 Å². The van der Waals surface area contributed by atoms with Gasteiger partial charge in [-0.25, -0.2) is 0 Å². The first-order valence-electron chi connectivity index (χ1n) is 5.27. The lowest BCUT2D eigenvalue weighted by Gasteiger charge is -2.13. The zero-order valence-electron chi connectivity index (χ0n) is 9.24. The molecule has 0 saturated carbocycles. The quantitative estimate of drug-likeness (QED) is 0.909. The zero-order valence-corrected chi connectivity index (χ0v) is 10.8. The average molecular weight is 255 g/mol. The van der Waals surface area contributed by atoms with E-state index in [1.807, 2.05) is 12.1 Å². The molecule has 16 heavy (non-hydrogen) atoms. The van der Waals surface area contributed by atoms with E-state index in [0.29, 0.717) is 6.54 Å². The van der Waals surface area contributed by atoms with E-state index in [4.69, 9.17) is 17.3 Å². The largest absolute Gasteiger partial charge is 0.329 e. The van der Waals surface area contributed by atoms with Gasteiger partial charge in [-0.3, -0.25) is 4.90 Å². The number of hydrogen-bond donors (Lipinski definition) is 1. The predicted octanol–water partition coefficient (Wildman–Crippen LogP) is 2.95. The summed E-state index contributed by atoms with van der Waals surface area (Å²) in [6.45, 7) is 2.44. The maximum Gasteiger partial charge on any atom is 0.0637 e. The Labute approximate surface area is 105 Å². The van der Waals surface area contributed by atoms with Crippen molar-refractivity contribution in [2.24, 2.45) is 5.73 Å². The van der Waals surface area contributed by atoms with Crippen LogP contribution < -0.4 is 5.73 Å². The first-order valence-corrected chi connectivity index (χ1v) is 6.46. The Hall–Kier alpha value is -0.610. The Morgan fingerprint density at radius 2 is 2.12 bits per heavy atom. The van der Waals surface area contributed by atoms with E-state index in [9.17, 15) is 0 Å². The predicted molar refractivity (Wildman–Crippen MR) is 72.2 cm³/mol. The Kier molecular flexibility index (Phi) is 3.82. The van der Waals surface area contributed by atoms with E-state index in [0.717, 1.165) is 23.5 Å². The highest BCUT2D eigenvalue weighted by molar-refractivity contribution is 7.19. The molecule has 2 rings (SSSR count). The number of benzene rings is 1. The van der Waals surface area contributed by atoms with Crippen molar-refractivity contribution in [1.82, 2.24) is 4.90 Å². The highest BCUT2D eigenvalue weighted by Gasteiger charge is 2.10. The van der Waals surface area contributed by atoms with Gasteiger partial charge in [0.15, 0.2) is 0 Å². The summed E-state index contributed by atoms with van der Waals surface area (Å²) in [5, 5.41) is 2.05. The van der Waals surface area contributed by atoms with Crippen LogP contribution in [0.25, 0.3) is 10.1 Å². The summed E-state index contributed by atoms with van der Waals surface area (Å²) < 4.78 is 1.25. The number of halogens is 1. The second kappa shape index (κ2) is 5.15. The van der Waals surface area contributed by atoms with Gasteiger partial charge in [-0.1, -0.05) is 29.8 Å². The van der Waals surface area contributed by atoms with Crippen molar-refractivity contribution in [1.29, 1.82) is 0 Å². The van der Waals surface area contributed by atoms with Crippen molar-refractivity contribution in [2.45, 2.75) is 6.54 Å². The van der Waals surface area contributed by atoms with Crippen molar-refractivity contribution in [3.63, 3.8) is 0 Å². The molecule has 0 fully saturated rings. The molecule has 0 aliphatic heterocycles. The third-order valence-corrected chi connectivity index (χ3v) is 4.23. The van der Waals surface area contributed by atoms with Crippen molar-refractivity contribution in [3.05, 3.63) is 34.2 Å². The Morgan fingerprint density at radius 1 is 1.38 bits per heavy atom. The molecule has 4 heteroatoms. The van der Waals surface area contributed by atoms with E-state index in [2.05, 4.69) is 24.1 Å². The van der Waals surface area contributed by atoms with E-state index in [1.165, 1.54) is 9.58 Å². The van der Waals surface area contributed by atoms with Gasteiger partial charge in [0.1, 0.15) is 0 Å². The minimum Gasteiger partial charge on any atom is -0.329 e. The maximum atomic E-state index is 6.35. The minimum absolute atomic E-state index is 0.680. The molecule has 2 aromatic rings. The molecule has 0 spiro atoms. The van der Waals surface area contributed by atoms with Crippen LogP contribution in [0.1, 0.15) is 4.88 Å². The summed E-state index contributed by atoms with van der Waals surface area (Å²) in [5.74, 6) is 0.